The molecule has 0 aromatic heterocycles. The Labute approximate surface area is 81.5 Å². The van der Waals surface area contributed by atoms with Gasteiger partial charge in [0, 0.05) is 12.8 Å². The number of carboxylic acids is 1. The van der Waals surface area contributed by atoms with Crippen LogP contribution in [0.1, 0.15) is 32.6 Å². The Bertz CT molecular complexity index is 158. The number of aliphatic carboxylic acids is 1. The summed E-state index contributed by atoms with van der Waals surface area (Å²) in [6.07, 6.45) is 1.57. The van der Waals surface area contributed by atoms with Gasteiger partial charge in [0.25, 0.3) is 0 Å². The van der Waals surface area contributed by atoms with E-state index in [0.717, 1.165) is 0 Å². The molecule has 4 nitrogen and oxygen atoms in total. The van der Waals surface area contributed by atoms with Crippen molar-refractivity contribution in [3.8, 4) is 0 Å². The molecule has 0 fully saturated rings. The molecule has 0 aromatic carbocycles. The molecule has 0 aliphatic heterocycles. The van der Waals surface area contributed by atoms with Crippen molar-refractivity contribution in [1.82, 2.24) is 0 Å². The molecule has 0 aliphatic rings. The van der Waals surface area contributed by atoms with Crippen LogP contribution in [0, 0.1) is 0 Å². The fraction of sp³-hybridized carbons (Fsp3) is 0.750. The molecule has 0 saturated carbocycles. The van der Waals surface area contributed by atoms with Crippen LogP contribution >= 0.6 is 0 Å². The second kappa shape index (κ2) is 9.20. The van der Waals surface area contributed by atoms with Crippen LogP contribution in [0.2, 0.25) is 0 Å². The fourth-order valence-electron chi connectivity index (χ4n) is 0.779. The number of carboxylic acid groups (broad SMARTS) is 1. The van der Waals surface area contributed by atoms with Crippen LogP contribution in [0.3, 0.4) is 0 Å². The quantitative estimate of drug-likeness (QED) is 0.367. The molecular formula is C8H16BeO4. The number of rotatable bonds is 6. The van der Waals surface area contributed by atoms with Gasteiger partial charge in [-0.3, -0.25) is 9.59 Å². The Balaban J connectivity index is 0. The zero-order valence-electron chi connectivity index (χ0n) is 7.21. The zero-order valence-corrected chi connectivity index (χ0v) is 7.21. The van der Waals surface area contributed by atoms with E-state index in [9.17, 15) is 9.59 Å². The van der Waals surface area contributed by atoms with E-state index >= 15 is 0 Å². The van der Waals surface area contributed by atoms with Crippen molar-refractivity contribution in [1.29, 1.82) is 0 Å². The summed E-state index contributed by atoms with van der Waals surface area (Å²) < 4.78 is 4.66. The van der Waals surface area contributed by atoms with E-state index < -0.39 is 5.97 Å². The van der Waals surface area contributed by atoms with Gasteiger partial charge in [-0.15, -0.1) is 0 Å². The Morgan fingerprint density at radius 3 is 2.23 bits per heavy atom. The normalized spacial score (nSPS) is 8.69. The van der Waals surface area contributed by atoms with Gasteiger partial charge in [0.05, 0.1) is 6.61 Å². The van der Waals surface area contributed by atoms with Crippen molar-refractivity contribution in [2.24, 2.45) is 0 Å². The van der Waals surface area contributed by atoms with Crippen molar-refractivity contribution >= 4 is 22.1 Å². The summed E-state index contributed by atoms with van der Waals surface area (Å²) in [4.78, 5) is 20.8. The van der Waals surface area contributed by atoms with E-state index in [1.54, 1.807) is 6.92 Å². The Morgan fingerprint density at radius 1 is 1.23 bits per heavy atom. The third-order valence-corrected chi connectivity index (χ3v) is 1.33. The minimum absolute atomic E-state index is 0. The van der Waals surface area contributed by atoms with Gasteiger partial charge in [0.15, 0.2) is 0 Å². The van der Waals surface area contributed by atoms with Gasteiger partial charge in [-0.1, -0.05) is 0 Å². The number of ether oxygens (including phenoxy) is 1. The van der Waals surface area contributed by atoms with E-state index in [2.05, 4.69) is 4.74 Å². The van der Waals surface area contributed by atoms with Crippen molar-refractivity contribution in [3.63, 3.8) is 0 Å². The van der Waals surface area contributed by atoms with Crippen LogP contribution in [-0.4, -0.2) is 33.8 Å². The third-order valence-electron chi connectivity index (χ3n) is 1.33. The molecule has 0 saturated heterocycles. The summed E-state index contributed by atoms with van der Waals surface area (Å²) in [6, 6.07) is 0. The van der Waals surface area contributed by atoms with E-state index in [1.165, 1.54) is 0 Å². The van der Waals surface area contributed by atoms with Gasteiger partial charge >= 0.3 is 22.1 Å². The van der Waals surface area contributed by atoms with Gasteiger partial charge in [-0.25, -0.2) is 0 Å². The first-order valence-electron chi connectivity index (χ1n) is 4.04. The summed E-state index contributed by atoms with van der Waals surface area (Å²) >= 11 is 0. The maximum absolute atomic E-state index is 10.7. The van der Waals surface area contributed by atoms with Crippen LogP contribution in [-0.2, 0) is 14.3 Å². The molecule has 0 radical (unpaired) electrons. The zero-order chi connectivity index (χ0) is 9.40. The summed E-state index contributed by atoms with van der Waals surface area (Å²) in [5.41, 5.74) is 0. The molecule has 13 heavy (non-hydrogen) atoms. The Hall–Kier alpha value is -0.891. The third kappa shape index (κ3) is 11.1. The van der Waals surface area contributed by atoms with Crippen molar-refractivity contribution in [3.05, 3.63) is 0 Å². The summed E-state index contributed by atoms with van der Waals surface area (Å²) in [7, 11) is 0. The number of esters is 1. The van der Waals surface area contributed by atoms with Gasteiger partial charge in [0.1, 0.15) is 0 Å². The van der Waals surface area contributed by atoms with Crippen LogP contribution in [0.15, 0.2) is 0 Å². The summed E-state index contributed by atoms with van der Waals surface area (Å²) in [6.45, 7) is 2.13. The van der Waals surface area contributed by atoms with Gasteiger partial charge in [-0.05, 0) is 19.8 Å². The molecule has 0 amide bonds. The topological polar surface area (TPSA) is 63.6 Å². The van der Waals surface area contributed by atoms with Gasteiger partial charge in [0.2, 0.25) is 0 Å². The first-order chi connectivity index (χ1) is 5.66. The van der Waals surface area contributed by atoms with E-state index in [0.29, 0.717) is 25.9 Å². The molecule has 0 rings (SSSR count). The van der Waals surface area contributed by atoms with Crippen molar-refractivity contribution in [2.75, 3.05) is 6.61 Å². The molecule has 0 aromatic rings. The standard InChI is InChI=1S/C8H14O4.Be.2H/c1-2-12-8(11)6-4-3-5-7(9)10;;;/h2-6H2,1H3,(H,9,10);;;. The number of unbranched alkanes of at least 4 members (excludes halogenated alkanes) is 1. The van der Waals surface area contributed by atoms with Crippen molar-refractivity contribution < 1.29 is 19.4 Å². The maximum atomic E-state index is 10.7. The molecule has 0 heterocycles. The minimum atomic E-state index is -0.821. The molecule has 1 N–H and O–H groups in total. The first kappa shape index (κ1) is 14.6. The molecule has 0 bridgehead atoms. The average Bonchev–Trinajstić information content (AvgIpc) is 1.98. The predicted octanol–water partition coefficient (Wildman–Crippen LogP) is 0.278. The Kier molecular flexibility index (Phi) is 10.3. The summed E-state index contributed by atoms with van der Waals surface area (Å²) in [5, 5.41) is 8.27. The van der Waals surface area contributed by atoms with Crippen LogP contribution in [0.4, 0.5) is 0 Å². The second-order valence-electron chi connectivity index (χ2n) is 2.41. The van der Waals surface area contributed by atoms with E-state index in [-0.39, 0.29) is 22.5 Å². The van der Waals surface area contributed by atoms with Gasteiger partial charge in [-0.2, -0.15) is 0 Å². The molecule has 74 valence electrons. The number of carbonyl (C=O) groups is 2. The molecule has 0 atom stereocenters. The number of hydrogen-bond donors (Lipinski definition) is 1. The second-order valence-corrected chi connectivity index (χ2v) is 2.41. The molecule has 0 aliphatic carbocycles. The number of carbonyl (C=O) groups excluding carboxylic acids is 1. The fourth-order valence-corrected chi connectivity index (χ4v) is 0.779. The predicted molar refractivity (Wildman–Crippen MR) is 51.3 cm³/mol. The summed E-state index contributed by atoms with van der Waals surface area (Å²) in [5.74, 6) is -1.07. The number of hydrogen-bond acceptors (Lipinski definition) is 3. The van der Waals surface area contributed by atoms with Gasteiger partial charge < -0.3 is 9.84 Å². The van der Waals surface area contributed by atoms with E-state index in [1.807, 2.05) is 0 Å². The van der Waals surface area contributed by atoms with E-state index in [4.69, 9.17) is 5.11 Å². The molecule has 5 heteroatoms. The van der Waals surface area contributed by atoms with Crippen molar-refractivity contribution in [2.45, 2.75) is 32.6 Å². The van der Waals surface area contributed by atoms with Crippen LogP contribution in [0.5, 0.6) is 0 Å². The monoisotopic (exact) mass is 185 g/mol. The first-order valence-corrected chi connectivity index (χ1v) is 4.04. The van der Waals surface area contributed by atoms with Crippen LogP contribution < -0.4 is 0 Å². The molecule has 0 spiro atoms. The molecule has 0 unspecified atom stereocenters. The average molecular weight is 185 g/mol. The van der Waals surface area contributed by atoms with Crippen LogP contribution in [0.25, 0.3) is 0 Å². The molecular weight excluding hydrogens is 169 g/mol. The Morgan fingerprint density at radius 2 is 1.77 bits per heavy atom. The SMILES string of the molecule is CCOC(=O)CCCCC(=O)O.[BeH2].